The van der Waals surface area contributed by atoms with Crippen LogP contribution in [0.3, 0.4) is 0 Å². The first-order chi connectivity index (χ1) is 8.18. The average molecular weight is 232 g/mol. The second kappa shape index (κ2) is 4.78. The maximum absolute atomic E-state index is 10.9. The van der Waals surface area contributed by atoms with Crippen molar-refractivity contribution in [1.82, 2.24) is 5.32 Å². The minimum Gasteiger partial charge on any atom is -0.395 e. The van der Waals surface area contributed by atoms with Crippen LogP contribution in [0.25, 0.3) is 0 Å². The van der Waals surface area contributed by atoms with Crippen LogP contribution in [0.2, 0.25) is 0 Å². The predicted octanol–water partition coefficient (Wildman–Crippen LogP) is 1.35. The van der Waals surface area contributed by atoms with Gasteiger partial charge in [0.15, 0.2) is 0 Å². The van der Waals surface area contributed by atoms with E-state index in [2.05, 4.69) is 15.3 Å². The number of rotatable bonds is 0. The van der Waals surface area contributed by atoms with Gasteiger partial charge in [0.05, 0.1) is 16.8 Å². The van der Waals surface area contributed by atoms with E-state index in [1.54, 1.807) is 24.3 Å². The summed E-state index contributed by atoms with van der Waals surface area (Å²) >= 11 is 0. The maximum atomic E-state index is 10.9. The summed E-state index contributed by atoms with van der Waals surface area (Å²) in [7, 11) is 0. The SMILES string of the molecule is CC1=NOCC1.O=C1NC(=O)c2ccccc21. The summed E-state index contributed by atoms with van der Waals surface area (Å²) in [5.41, 5.74) is 2.05. The van der Waals surface area contributed by atoms with Crippen LogP contribution in [0.5, 0.6) is 0 Å². The van der Waals surface area contributed by atoms with Gasteiger partial charge in [0.25, 0.3) is 11.8 Å². The van der Waals surface area contributed by atoms with Gasteiger partial charge < -0.3 is 4.84 Å². The number of carbonyl (C=O) groups is 2. The van der Waals surface area contributed by atoms with Crippen LogP contribution in [-0.4, -0.2) is 24.1 Å². The van der Waals surface area contributed by atoms with E-state index in [0.717, 1.165) is 18.7 Å². The number of hydrogen-bond donors (Lipinski definition) is 1. The molecule has 17 heavy (non-hydrogen) atoms. The number of amides is 2. The van der Waals surface area contributed by atoms with Crippen molar-refractivity contribution in [2.24, 2.45) is 5.16 Å². The largest absolute Gasteiger partial charge is 0.395 e. The molecule has 88 valence electrons. The Morgan fingerprint density at radius 3 is 2.12 bits per heavy atom. The summed E-state index contributed by atoms with van der Waals surface area (Å²) in [5, 5.41) is 5.86. The predicted molar refractivity (Wildman–Crippen MR) is 61.9 cm³/mol. The maximum Gasteiger partial charge on any atom is 0.258 e. The molecule has 0 aromatic heterocycles. The van der Waals surface area contributed by atoms with Crippen molar-refractivity contribution in [3.8, 4) is 0 Å². The fourth-order valence-corrected chi connectivity index (χ4v) is 1.51. The van der Waals surface area contributed by atoms with Crippen molar-refractivity contribution in [1.29, 1.82) is 0 Å². The van der Waals surface area contributed by atoms with E-state index in [-0.39, 0.29) is 11.8 Å². The molecule has 0 saturated heterocycles. The van der Waals surface area contributed by atoms with Crippen molar-refractivity contribution in [2.45, 2.75) is 13.3 Å². The Labute approximate surface area is 98.5 Å². The van der Waals surface area contributed by atoms with Gasteiger partial charge in [-0.15, -0.1) is 0 Å². The molecule has 0 bridgehead atoms. The summed E-state index contributed by atoms with van der Waals surface area (Å²) in [6.07, 6.45) is 1.01. The van der Waals surface area contributed by atoms with Crippen LogP contribution in [-0.2, 0) is 4.84 Å². The molecule has 0 fully saturated rings. The molecule has 0 saturated carbocycles. The summed E-state index contributed by atoms with van der Waals surface area (Å²) in [6.45, 7) is 2.75. The molecule has 0 unspecified atom stereocenters. The molecule has 3 rings (SSSR count). The molecule has 0 aliphatic carbocycles. The monoisotopic (exact) mass is 232 g/mol. The van der Waals surface area contributed by atoms with Crippen molar-refractivity contribution in [3.63, 3.8) is 0 Å². The lowest BCUT2D eigenvalue weighted by molar-refractivity contribution is 0.0879. The molecule has 0 spiro atoms. The molecule has 0 radical (unpaired) electrons. The first kappa shape index (κ1) is 11.3. The third kappa shape index (κ3) is 2.50. The van der Waals surface area contributed by atoms with Gasteiger partial charge in [-0.25, -0.2) is 0 Å². The summed E-state index contributed by atoms with van der Waals surface area (Å²) in [4.78, 5) is 26.5. The second-order valence-electron chi connectivity index (χ2n) is 3.74. The lowest BCUT2D eigenvalue weighted by Gasteiger charge is -1.88. The molecule has 2 aliphatic heterocycles. The quantitative estimate of drug-likeness (QED) is 0.686. The Morgan fingerprint density at radius 1 is 1.18 bits per heavy atom. The van der Waals surface area contributed by atoms with E-state index >= 15 is 0 Å². The van der Waals surface area contributed by atoms with E-state index < -0.39 is 0 Å². The van der Waals surface area contributed by atoms with Gasteiger partial charge in [0, 0.05) is 6.42 Å². The third-order valence-electron chi connectivity index (χ3n) is 2.42. The molecular weight excluding hydrogens is 220 g/mol. The van der Waals surface area contributed by atoms with Gasteiger partial charge in [0.1, 0.15) is 6.61 Å². The molecule has 2 heterocycles. The Morgan fingerprint density at radius 2 is 1.76 bits per heavy atom. The number of hydrogen-bond acceptors (Lipinski definition) is 4. The molecular formula is C12H12N2O3. The Bertz CT molecular complexity index is 461. The minimum atomic E-state index is -0.300. The lowest BCUT2D eigenvalue weighted by Crippen LogP contribution is -2.19. The van der Waals surface area contributed by atoms with Crippen molar-refractivity contribution >= 4 is 17.5 Å². The summed E-state index contributed by atoms with van der Waals surface area (Å²) in [6, 6.07) is 6.74. The number of carbonyl (C=O) groups excluding carboxylic acids is 2. The molecule has 1 aromatic carbocycles. The average Bonchev–Trinajstić information content (AvgIpc) is 2.90. The number of nitrogens with zero attached hydrogens (tertiary/aromatic N) is 1. The Balaban J connectivity index is 0.000000153. The fraction of sp³-hybridized carbons (Fsp3) is 0.250. The van der Waals surface area contributed by atoms with Crippen LogP contribution in [0.15, 0.2) is 29.4 Å². The van der Waals surface area contributed by atoms with Crippen molar-refractivity contribution < 1.29 is 14.4 Å². The van der Waals surface area contributed by atoms with E-state index in [1.165, 1.54) is 0 Å². The molecule has 5 heteroatoms. The highest BCUT2D eigenvalue weighted by Crippen LogP contribution is 2.13. The molecule has 0 atom stereocenters. The van der Waals surface area contributed by atoms with E-state index in [0.29, 0.717) is 11.1 Å². The molecule has 5 nitrogen and oxygen atoms in total. The number of nitrogens with one attached hydrogen (secondary N) is 1. The topological polar surface area (TPSA) is 67.8 Å². The molecule has 2 aliphatic rings. The molecule has 1 N–H and O–H groups in total. The van der Waals surface area contributed by atoms with Crippen molar-refractivity contribution in [2.75, 3.05) is 6.61 Å². The molecule has 1 aromatic rings. The fourth-order valence-electron chi connectivity index (χ4n) is 1.51. The Hall–Kier alpha value is -2.17. The highest BCUT2D eigenvalue weighted by Gasteiger charge is 2.25. The lowest BCUT2D eigenvalue weighted by atomic mass is 10.1. The van der Waals surface area contributed by atoms with Gasteiger partial charge in [0.2, 0.25) is 0 Å². The third-order valence-corrected chi connectivity index (χ3v) is 2.42. The van der Waals surface area contributed by atoms with Crippen LogP contribution in [0, 0.1) is 0 Å². The standard InChI is InChI=1S/C8H5NO2.C4H7NO/c10-7-5-3-1-2-4-6(5)8(11)9-7;1-4-2-3-6-5-4/h1-4H,(H,9,10,11);2-3H2,1H3. The van der Waals surface area contributed by atoms with Gasteiger partial charge in [-0.2, -0.15) is 0 Å². The van der Waals surface area contributed by atoms with E-state index in [4.69, 9.17) is 0 Å². The molecule has 2 amide bonds. The first-order valence-corrected chi connectivity index (χ1v) is 5.28. The second-order valence-corrected chi connectivity index (χ2v) is 3.74. The number of oxime groups is 1. The van der Waals surface area contributed by atoms with E-state index in [9.17, 15) is 9.59 Å². The highest BCUT2D eigenvalue weighted by atomic mass is 16.6. The van der Waals surface area contributed by atoms with Gasteiger partial charge in [-0.3, -0.25) is 14.9 Å². The van der Waals surface area contributed by atoms with Crippen molar-refractivity contribution in [3.05, 3.63) is 35.4 Å². The van der Waals surface area contributed by atoms with Crippen LogP contribution in [0.4, 0.5) is 0 Å². The summed E-state index contributed by atoms with van der Waals surface area (Å²) in [5.74, 6) is -0.601. The van der Waals surface area contributed by atoms with Crippen LogP contribution in [0.1, 0.15) is 34.1 Å². The van der Waals surface area contributed by atoms with E-state index in [1.807, 2.05) is 6.92 Å². The van der Waals surface area contributed by atoms with Crippen LogP contribution >= 0.6 is 0 Å². The minimum absolute atomic E-state index is 0.300. The smallest absolute Gasteiger partial charge is 0.258 e. The zero-order valence-corrected chi connectivity index (χ0v) is 9.40. The summed E-state index contributed by atoms with van der Waals surface area (Å²) < 4.78 is 0. The van der Waals surface area contributed by atoms with Crippen LogP contribution < -0.4 is 5.32 Å². The zero-order chi connectivity index (χ0) is 12.3. The Kier molecular flexibility index (Phi) is 3.18. The normalized spacial score (nSPS) is 16.4. The zero-order valence-electron chi connectivity index (χ0n) is 9.40. The van der Waals surface area contributed by atoms with Gasteiger partial charge >= 0.3 is 0 Å². The van der Waals surface area contributed by atoms with Gasteiger partial charge in [-0.05, 0) is 19.1 Å². The highest BCUT2D eigenvalue weighted by molar-refractivity contribution is 6.21. The first-order valence-electron chi connectivity index (χ1n) is 5.28. The number of benzene rings is 1. The van der Waals surface area contributed by atoms with Gasteiger partial charge in [-0.1, -0.05) is 17.3 Å². The number of fused-ring (bicyclic) bond motifs is 1. The number of imide groups is 1.